The molecule has 0 N–H and O–H groups in total. The molecule has 3 atom stereocenters. The van der Waals surface area contributed by atoms with E-state index in [0.29, 0.717) is 17.9 Å². The zero-order valence-electron chi connectivity index (χ0n) is 9.30. The number of amides is 1. The van der Waals surface area contributed by atoms with E-state index in [0.717, 1.165) is 11.3 Å². The van der Waals surface area contributed by atoms with Crippen LogP contribution < -0.4 is 0 Å². The van der Waals surface area contributed by atoms with Crippen molar-refractivity contribution in [1.29, 1.82) is 0 Å². The molecule has 2 bridgehead atoms. The van der Waals surface area contributed by atoms with Crippen LogP contribution >= 0.6 is 11.3 Å². The van der Waals surface area contributed by atoms with Crippen molar-refractivity contribution in [3.05, 3.63) is 34.5 Å². The van der Waals surface area contributed by atoms with E-state index in [2.05, 4.69) is 12.2 Å². The minimum absolute atomic E-state index is 0.181. The molecule has 1 fully saturated rings. The van der Waals surface area contributed by atoms with Crippen LogP contribution in [-0.2, 0) is 0 Å². The second kappa shape index (κ2) is 3.74. The van der Waals surface area contributed by atoms with Crippen LogP contribution in [0, 0.1) is 11.8 Å². The first-order valence-corrected chi connectivity index (χ1v) is 6.62. The number of fused-ring (bicyclic) bond motifs is 2. The largest absolute Gasteiger partial charge is 0.337 e. The summed E-state index contributed by atoms with van der Waals surface area (Å²) in [6.07, 6.45) is 6.99. The third-order valence-electron chi connectivity index (χ3n) is 3.79. The maximum atomic E-state index is 12.2. The van der Waals surface area contributed by atoms with E-state index in [-0.39, 0.29) is 5.91 Å². The van der Waals surface area contributed by atoms with Gasteiger partial charge < -0.3 is 4.90 Å². The summed E-state index contributed by atoms with van der Waals surface area (Å²) in [6.45, 7) is 0. The number of allylic oxidation sites excluding steroid dienone is 1. The summed E-state index contributed by atoms with van der Waals surface area (Å²) in [4.78, 5) is 15.0. The van der Waals surface area contributed by atoms with Gasteiger partial charge in [-0.3, -0.25) is 4.79 Å². The minimum Gasteiger partial charge on any atom is -0.337 e. The molecule has 0 aromatic carbocycles. The van der Waals surface area contributed by atoms with Gasteiger partial charge in [0.05, 0.1) is 4.88 Å². The van der Waals surface area contributed by atoms with Gasteiger partial charge in [-0.1, -0.05) is 18.2 Å². The number of carbonyl (C=O) groups is 1. The molecular weight excluding hydrogens is 218 g/mol. The molecule has 0 aliphatic heterocycles. The van der Waals surface area contributed by atoms with Crippen molar-refractivity contribution in [2.24, 2.45) is 11.8 Å². The molecular formula is C13H15NOS. The first kappa shape index (κ1) is 10.1. The highest BCUT2D eigenvalue weighted by atomic mass is 32.1. The van der Waals surface area contributed by atoms with Crippen molar-refractivity contribution in [3.8, 4) is 0 Å². The van der Waals surface area contributed by atoms with Gasteiger partial charge in [0.1, 0.15) is 0 Å². The number of rotatable bonds is 2. The topological polar surface area (TPSA) is 20.3 Å². The second-order valence-corrected chi connectivity index (χ2v) is 5.69. The monoisotopic (exact) mass is 233 g/mol. The van der Waals surface area contributed by atoms with E-state index in [9.17, 15) is 4.79 Å². The highest BCUT2D eigenvalue weighted by Crippen LogP contribution is 2.41. The summed E-state index contributed by atoms with van der Waals surface area (Å²) in [5, 5.41) is 1.96. The van der Waals surface area contributed by atoms with Gasteiger partial charge in [-0.05, 0) is 36.1 Å². The van der Waals surface area contributed by atoms with Gasteiger partial charge in [0, 0.05) is 13.1 Å². The lowest BCUT2D eigenvalue weighted by molar-refractivity contribution is 0.0714. The van der Waals surface area contributed by atoms with Gasteiger partial charge in [-0.15, -0.1) is 11.3 Å². The Morgan fingerprint density at radius 1 is 1.44 bits per heavy atom. The molecule has 0 radical (unpaired) electrons. The number of hydrogen-bond donors (Lipinski definition) is 0. The molecule has 3 rings (SSSR count). The summed E-state index contributed by atoms with van der Waals surface area (Å²) in [5.74, 6) is 1.49. The van der Waals surface area contributed by atoms with Crippen LogP contribution in [0.5, 0.6) is 0 Å². The van der Waals surface area contributed by atoms with E-state index >= 15 is 0 Å². The first-order valence-electron chi connectivity index (χ1n) is 5.74. The van der Waals surface area contributed by atoms with E-state index in [4.69, 9.17) is 0 Å². The molecule has 1 amide bonds. The van der Waals surface area contributed by atoms with Crippen molar-refractivity contribution in [3.63, 3.8) is 0 Å². The average Bonchev–Trinajstić information content (AvgIpc) is 3.02. The van der Waals surface area contributed by atoms with E-state index in [1.807, 2.05) is 29.5 Å². The third-order valence-corrected chi connectivity index (χ3v) is 4.65. The Hall–Kier alpha value is -1.09. The molecule has 16 heavy (non-hydrogen) atoms. The highest BCUT2D eigenvalue weighted by Gasteiger charge is 2.39. The van der Waals surface area contributed by atoms with E-state index in [1.54, 1.807) is 0 Å². The summed E-state index contributed by atoms with van der Waals surface area (Å²) >= 11 is 1.53. The molecule has 0 spiro atoms. The van der Waals surface area contributed by atoms with E-state index in [1.165, 1.54) is 17.8 Å². The Balaban J connectivity index is 1.76. The molecule has 0 saturated heterocycles. The van der Waals surface area contributed by atoms with Crippen molar-refractivity contribution in [2.75, 3.05) is 7.05 Å². The fraction of sp³-hybridized carbons (Fsp3) is 0.462. The Morgan fingerprint density at radius 3 is 2.88 bits per heavy atom. The number of nitrogens with zero attached hydrogens (tertiary/aromatic N) is 1. The van der Waals surface area contributed by atoms with Gasteiger partial charge >= 0.3 is 0 Å². The summed E-state index contributed by atoms with van der Waals surface area (Å²) in [5.41, 5.74) is 0. The number of hydrogen-bond acceptors (Lipinski definition) is 2. The van der Waals surface area contributed by atoms with Gasteiger partial charge in [-0.25, -0.2) is 0 Å². The fourth-order valence-corrected chi connectivity index (χ4v) is 3.63. The fourth-order valence-electron chi connectivity index (χ4n) is 2.92. The lowest BCUT2D eigenvalue weighted by atomic mass is 10.0. The smallest absolute Gasteiger partial charge is 0.263 e. The minimum atomic E-state index is 0.181. The zero-order chi connectivity index (χ0) is 11.1. The molecule has 0 unspecified atom stereocenters. The van der Waals surface area contributed by atoms with Crippen molar-refractivity contribution in [2.45, 2.75) is 18.9 Å². The second-order valence-electron chi connectivity index (χ2n) is 4.74. The van der Waals surface area contributed by atoms with Gasteiger partial charge in [-0.2, -0.15) is 0 Å². The standard InChI is InChI=1S/C13H15NOS/c1-14(13(15)12-3-2-6-16-12)11-8-9-4-5-10(11)7-9/h2-6,9-11H,7-8H2,1H3/t9-,10-,11-/m0/s1. The Labute approximate surface area is 99.6 Å². The molecule has 1 heterocycles. The Kier molecular flexibility index (Phi) is 2.36. The molecule has 2 aliphatic carbocycles. The van der Waals surface area contributed by atoms with Crippen molar-refractivity contribution >= 4 is 17.2 Å². The number of carbonyl (C=O) groups excluding carboxylic acids is 1. The number of thiophene rings is 1. The van der Waals surface area contributed by atoms with Crippen LogP contribution in [0.2, 0.25) is 0 Å². The third kappa shape index (κ3) is 1.50. The summed E-state index contributed by atoms with van der Waals surface area (Å²) in [7, 11) is 1.95. The van der Waals surface area contributed by atoms with Gasteiger partial charge in [0.15, 0.2) is 0 Å². The maximum absolute atomic E-state index is 12.2. The van der Waals surface area contributed by atoms with Crippen LogP contribution in [-0.4, -0.2) is 23.9 Å². The van der Waals surface area contributed by atoms with Crippen LogP contribution in [0.1, 0.15) is 22.5 Å². The molecule has 2 nitrogen and oxygen atoms in total. The molecule has 1 saturated carbocycles. The van der Waals surface area contributed by atoms with Gasteiger partial charge in [0.2, 0.25) is 0 Å². The lowest BCUT2D eigenvalue weighted by Crippen LogP contribution is -2.39. The van der Waals surface area contributed by atoms with Crippen molar-refractivity contribution < 1.29 is 4.79 Å². The Morgan fingerprint density at radius 2 is 2.31 bits per heavy atom. The Bertz CT molecular complexity index is 423. The zero-order valence-corrected chi connectivity index (χ0v) is 10.1. The lowest BCUT2D eigenvalue weighted by Gasteiger charge is -2.29. The molecule has 84 valence electrons. The average molecular weight is 233 g/mol. The molecule has 3 heteroatoms. The van der Waals surface area contributed by atoms with Gasteiger partial charge in [0.25, 0.3) is 5.91 Å². The highest BCUT2D eigenvalue weighted by molar-refractivity contribution is 7.12. The van der Waals surface area contributed by atoms with Crippen LogP contribution in [0.4, 0.5) is 0 Å². The maximum Gasteiger partial charge on any atom is 0.263 e. The summed E-state index contributed by atoms with van der Waals surface area (Å²) in [6, 6.07) is 4.27. The normalized spacial score (nSPS) is 30.9. The van der Waals surface area contributed by atoms with E-state index < -0.39 is 0 Å². The SMILES string of the molecule is CN(C(=O)c1cccs1)[C@H]1C[C@H]2C=C[C@H]1C2. The molecule has 2 aliphatic rings. The quantitative estimate of drug-likeness (QED) is 0.719. The molecule has 1 aromatic rings. The predicted octanol–water partition coefficient (Wildman–Crippen LogP) is 2.78. The predicted molar refractivity (Wildman–Crippen MR) is 65.6 cm³/mol. The molecule has 1 aromatic heterocycles. The van der Waals surface area contributed by atoms with Crippen LogP contribution in [0.3, 0.4) is 0 Å². The first-order chi connectivity index (χ1) is 7.75. The van der Waals surface area contributed by atoms with Crippen molar-refractivity contribution in [1.82, 2.24) is 4.90 Å². The van der Waals surface area contributed by atoms with Crippen LogP contribution in [0.15, 0.2) is 29.7 Å². The summed E-state index contributed by atoms with van der Waals surface area (Å²) < 4.78 is 0. The van der Waals surface area contributed by atoms with Crippen LogP contribution in [0.25, 0.3) is 0 Å².